The van der Waals surface area contributed by atoms with E-state index in [9.17, 15) is 13.2 Å². The molecule has 0 radical (unpaired) electrons. The first-order chi connectivity index (χ1) is 16.1. The molecule has 34 heavy (non-hydrogen) atoms. The first-order valence-electron chi connectivity index (χ1n) is 9.69. The van der Waals surface area contributed by atoms with Gasteiger partial charge >= 0.3 is 0 Å². The number of sulfonamides is 1. The number of nitrogens with one attached hydrogen (secondary N) is 1. The number of furan rings is 1. The molecule has 0 bridgehead atoms. The fraction of sp³-hybridized carbons (Fsp3) is 0.182. The highest BCUT2D eigenvalue weighted by atomic mass is 35.5. The predicted octanol–water partition coefficient (Wildman–Crippen LogP) is 4.19. The number of amides is 1. The molecule has 3 rings (SSSR count). The Labute approximate surface area is 206 Å². The van der Waals surface area contributed by atoms with Crippen LogP contribution in [0.15, 0.2) is 58.0 Å². The maximum absolute atomic E-state index is 12.5. The Kier molecular flexibility index (Phi) is 8.08. The van der Waals surface area contributed by atoms with E-state index < -0.39 is 22.5 Å². The van der Waals surface area contributed by atoms with Gasteiger partial charge in [-0.25, -0.2) is 13.8 Å². The summed E-state index contributed by atoms with van der Waals surface area (Å²) in [7, 11) is -1.00. The number of nitrogens with zero attached hydrogens (tertiary/aromatic N) is 2. The number of benzene rings is 2. The first-order valence-corrected chi connectivity index (χ1v) is 12.3. The second-order valence-electron chi connectivity index (χ2n) is 6.93. The summed E-state index contributed by atoms with van der Waals surface area (Å²) in [5.74, 6) is 0.807. The second-order valence-corrected chi connectivity index (χ2v) is 9.68. The predicted molar refractivity (Wildman–Crippen MR) is 132 cm³/mol. The zero-order chi connectivity index (χ0) is 24.9. The molecule has 0 saturated heterocycles. The Balaban J connectivity index is 1.72. The van der Waals surface area contributed by atoms with E-state index in [1.165, 1.54) is 26.5 Å². The standard InChI is InChI=1S/C22H21Cl2N3O6S/c1-31-15-5-9-21(32-2)19(11-15)27(34(3,29)30)13-22(28)26-25-12-16-6-8-20(33-16)17-7-4-14(23)10-18(17)24/h4-12H,13H2,1-3H3,(H,26,28)/b25-12-. The zero-order valence-corrected chi connectivity index (χ0v) is 20.7. The van der Waals surface area contributed by atoms with Gasteiger partial charge in [0.2, 0.25) is 10.0 Å². The number of halogens is 2. The lowest BCUT2D eigenvalue weighted by Crippen LogP contribution is -2.39. The van der Waals surface area contributed by atoms with Crippen LogP contribution in [-0.4, -0.2) is 47.6 Å². The molecule has 1 amide bonds. The third-order valence-electron chi connectivity index (χ3n) is 4.55. The van der Waals surface area contributed by atoms with Crippen molar-refractivity contribution in [2.75, 3.05) is 31.3 Å². The summed E-state index contributed by atoms with van der Waals surface area (Å²) in [4.78, 5) is 12.5. The van der Waals surface area contributed by atoms with Gasteiger partial charge < -0.3 is 13.9 Å². The van der Waals surface area contributed by atoms with Crippen LogP contribution < -0.4 is 19.2 Å². The van der Waals surface area contributed by atoms with E-state index in [0.29, 0.717) is 32.9 Å². The Morgan fingerprint density at radius 2 is 1.88 bits per heavy atom. The highest BCUT2D eigenvalue weighted by molar-refractivity contribution is 7.92. The van der Waals surface area contributed by atoms with Crippen LogP contribution in [0.2, 0.25) is 10.0 Å². The smallest absolute Gasteiger partial charge is 0.260 e. The van der Waals surface area contributed by atoms with E-state index in [0.717, 1.165) is 10.6 Å². The third kappa shape index (κ3) is 6.22. The van der Waals surface area contributed by atoms with Crippen LogP contribution in [0.5, 0.6) is 11.5 Å². The highest BCUT2D eigenvalue weighted by Crippen LogP contribution is 2.34. The van der Waals surface area contributed by atoms with E-state index in [1.54, 1.807) is 42.5 Å². The molecule has 3 aromatic rings. The Morgan fingerprint density at radius 3 is 2.53 bits per heavy atom. The number of hydrogen-bond acceptors (Lipinski definition) is 7. The Morgan fingerprint density at radius 1 is 1.12 bits per heavy atom. The van der Waals surface area contributed by atoms with E-state index in [-0.39, 0.29) is 11.4 Å². The van der Waals surface area contributed by atoms with Crippen LogP contribution in [0.1, 0.15) is 5.76 Å². The van der Waals surface area contributed by atoms with Gasteiger partial charge in [-0.05, 0) is 42.5 Å². The van der Waals surface area contributed by atoms with Gasteiger partial charge in [0.05, 0.1) is 37.4 Å². The minimum Gasteiger partial charge on any atom is -0.497 e. The van der Waals surface area contributed by atoms with Crippen molar-refractivity contribution < 1.29 is 27.1 Å². The van der Waals surface area contributed by atoms with Crippen molar-refractivity contribution in [1.82, 2.24) is 5.43 Å². The number of rotatable bonds is 9. The maximum atomic E-state index is 12.5. The van der Waals surface area contributed by atoms with Gasteiger partial charge in [-0.3, -0.25) is 9.10 Å². The van der Waals surface area contributed by atoms with Crippen molar-refractivity contribution in [2.45, 2.75) is 0 Å². The number of carbonyl (C=O) groups excluding carboxylic acids is 1. The SMILES string of the molecule is COc1ccc(OC)c(N(CC(=O)N/N=C\c2ccc(-c3ccc(Cl)cc3Cl)o2)S(C)(=O)=O)c1. The molecule has 0 spiro atoms. The van der Waals surface area contributed by atoms with Crippen LogP contribution in [0.25, 0.3) is 11.3 Å². The maximum Gasteiger partial charge on any atom is 0.260 e. The molecule has 1 heterocycles. The number of hydrogen-bond donors (Lipinski definition) is 1. The number of carbonyl (C=O) groups is 1. The van der Waals surface area contributed by atoms with Gasteiger partial charge in [0.1, 0.15) is 29.6 Å². The normalized spacial score (nSPS) is 11.4. The average molecular weight is 526 g/mol. The molecule has 0 unspecified atom stereocenters. The quantitative estimate of drug-likeness (QED) is 0.331. The lowest BCUT2D eigenvalue weighted by atomic mass is 10.2. The number of anilines is 1. The molecule has 0 saturated carbocycles. The number of ether oxygens (including phenoxy) is 2. The van der Waals surface area contributed by atoms with Gasteiger partial charge in [0, 0.05) is 16.7 Å². The van der Waals surface area contributed by atoms with Crippen LogP contribution >= 0.6 is 23.2 Å². The van der Waals surface area contributed by atoms with Crippen molar-refractivity contribution in [3.05, 3.63) is 64.3 Å². The van der Waals surface area contributed by atoms with E-state index in [2.05, 4.69) is 10.5 Å². The second kappa shape index (κ2) is 10.8. The summed E-state index contributed by atoms with van der Waals surface area (Å²) in [6.07, 6.45) is 2.26. The summed E-state index contributed by atoms with van der Waals surface area (Å²) in [5, 5.41) is 4.76. The van der Waals surface area contributed by atoms with Crippen molar-refractivity contribution in [3.8, 4) is 22.8 Å². The first kappa shape index (κ1) is 25.4. The minimum absolute atomic E-state index is 0.152. The van der Waals surface area contributed by atoms with Gasteiger partial charge in [-0.2, -0.15) is 5.10 Å². The van der Waals surface area contributed by atoms with Gasteiger partial charge in [0.15, 0.2) is 0 Å². The molecular formula is C22H21Cl2N3O6S. The number of methoxy groups -OCH3 is 2. The van der Waals surface area contributed by atoms with Gasteiger partial charge in [-0.1, -0.05) is 23.2 Å². The molecule has 0 aliphatic heterocycles. The molecule has 180 valence electrons. The Bertz CT molecular complexity index is 1320. The summed E-state index contributed by atoms with van der Waals surface area (Å²) >= 11 is 12.1. The van der Waals surface area contributed by atoms with Crippen LogP contribution in [0, 0.1) is 0 Å². The summed E-state index contributed by atoms with van der Waals surface area (Å²) in [6.45, 7) is -0.538. The van der Waals surface area contributed by atoms with E-state index >= 15 is 0 Å². The minimum atomic E-state index is -3.84. The molecule has 12 heteroatoms. The fourth-order valence-electron chi connectivity index (χ4n) is 2.96. The van der Waals surface area contributed by atoms with Gasteiger partial charge in [-0.15, -0.1) is 0 Å². The average Bonchev–Trinajstić information content (AvgIpc) is 3.24. The monoisotopic (exact) mass is 525 g/mol. The van der Waals surface area contributed by atoms with Crippen molar-refractivity contribution in [1.29, 1.82) is 0 Å². The third-order valence-corrected chi connectivity index (χ3v) is 6.22. The zero-order valence-electron chi connectivity index (χ0n) is 18.4. The molecular weight excluding hydrogens is 505 g/mol. The summed E-state index contributed by atoms with van der Waals surface area (Å²) < 4.78 is 41.8. The lowest BCUT2D eigenvalue weighted by Gasteiger charge is -2.23. The molecule has 1 aromatic heterocycles. The molecule has 0 fully saturated rings. The summed E-state index contributed by atoms with van der Waals surface area (Å²) in [6, 6.07) is 13.0. The van der Waals surface area contributed by atoms with E-state index in [1.807, 2.05) is 0 Å². The highest BCUT2D eigenvalue weighted by Gasteiger charge is 2.24. The molecule has 0 atom stereocenters. The molecule has 0 aliphatic rings. The van der Waals surface area contributed by atoms with Crippen molar-refractivity contribution in [2.24, 2.45) is 5.10 Å². The largest absolute Gasteiger partial charge is 0.497 e. The van der Waals surface area contributed by atoms with Crippen molar-refractivity contribution >= 4 is 51.0 Å². The molecule has 2 aromatic carbocycles. The Hall–Kier alpha value is -3.21. The topological polar surface area (TPSA) is 110 Å². The number of hydrazone groups is 1. The molecule has 1 N–H and O–H groups in total. The molecule has 9 nitrogen and oxygen atoms in total. The van der Waals surface area contributed by atoms with Crippen LogP contribution in [0.3, 0.4) is 0 Å². The van der Waals surface area contributed by atoms with Crippen LogP contribution in [0.4, 0.5) is 5.69 Å². The van der Waals surface area contributed by atoms with Gasteiger partial charge in [0.25, 0.3) is 5.91 Å². The van der Waals surface area contributed by atoms with E-state index in [4.69, 9.17) is 37.1 Å². The molecule has 0 aliphatic carbocycles. The summed E-state index contributed by atoms with van der Waals surface area (Å²) in [5.41, 5.74) is 3.08. The van der Waals surface area contributed by atoms with Crippen molar-refractivity contribution in [3.63, 3.8) is 0 Å². The fourth-order valence-corrected chi connectivity index (χ4v) is 4.32. The van der Waals surface area contributed by atoms with Crippen LogP contribution in [-0.2, 0) is 14.8 Å². The lowest BCUT2D eigenvalue weighted by molar-refractivity contribution is -0.119.